The Bertz CT molecular complexity index is 291. The van der Waals surface area contributed by atoms with Gasteiger partial charge >= 0.3 is 95.4 Å². The summed E-state index contributed by atoms with van der Waals surface area (Å²) in [5, 5.41) is 0. The van der Waals surface area contributed by atoms with E-state index < -0.39 is 15.5 Å². The number of hydrogen-bond acceptors (Lipinski definition) is 0. The van der Waals surface area contributed by atoms with Gasteiger partial charge in [-0.15, -0.1) is 0 Å². The molecule has 0 spiro atoms. The molecule has 0 aromatic carbocycles. The monoisotopic (exact) mass is 386 g/mol. The Morgan fingerprint density at radius 2 is 1.43 bits per heavy atom. The van der Waals surface area contributed by atoms with Gasteiger partial charge in [-0.3, -0.25) is 0 Å². The van der Waals surface area contributed by atoms with Gasteiger partial charge in [0.15, 0.2) is 0 Å². The normalized spacial score (nSPS) is 21.6. The maximum absolute atomic E-state index is 6.60. The van der Waals surface area contributed by atoms with Crippen LogP contribution in [0.5, 0.6) is 0 Å². The first-order valence-electron chi connectivity index (χ1n) is 4.89. The number of hydrogen-bond donors (Lipinski definition) is 0. The predicted molar refractivity (Wildman–Crippen MR) is 58.8 cm³/mol. The molecule has 0 bridgehead atoms. The Labute approximate surface area is 95.2 Å². The zero-order chi connectivity index (χ0) is 9.80. The van der Waals surface area contributed by atoms with E-state index >= 15 is 0 Å². The van der Waals surface area contributed by atoms with Gasteiger partial charge in [-0.1, -0.05) is 0 Å². The van der Waals surface area contributed by atoms with Crippen LogP contribution in [0.4, 0.5) is 0 Å². The van der Waals surface area contributed by atoms with Crippen LogP contribution in [0.3, 0.4) is 0 Å². The number of halogens is 1. The molecule has 78 valence electrons. The van der Waals surface area contributed by atoms with Crippen molar-refractivity contribution in [1.82, 2.24) is 0 Å². The van der Waals surface area contributed by atoms with Gasteiger partial charge in [0.2, 0.25) is 0 Å². The van der Waals surface area contributed by atoms with Gasteiger partial charge in [-0.2, -0.15) is 0 Å². The topological polar surface area (TPSA) is 0 Å². The van der Waals surface area contributed by atoms with Gasteiger partial charge in [-0.25, -0.2) is 0 Å². The van der Waals surface area contributed by atoms with Gasteiger partial charge in [0.05, 0.1) is 0 Å². The van der Waals surface area contributed by atoms with Crippen LogP contribution in [0.25, 0.3) is 0 Å². The first kappa shape index (κ1) is 10.4. The van der Waals surface area contributed by atoms with E-state index in [1.54, 1.807) is 0 Å². The van der Waals surface area contributed by atoms with Crippen molar-refractivity contribution in [3.8, 4) is 0 Å². The van der Waals surface area contributed by atoms with Crippen LogP contribution >= 0.6 is 9.58 Å². The summed E-state index contributed by atoms with van der Waals surface area (Å²) in [6.45, 7) is 0. The van der Waals surface area contributed by atoms with E-state index in [0.717, 1.165) is 0 Å². The average molecular weight is 386 g/mol. The molecule has 0 saturated heterocycles. The SMILES string of the molecule is [Cl][Ir]([C]1=CC=CCC1)[C]1=CC=CCC1. The molecule has 0 aromatic rings. The molecular weight excluding hydrogens is 372 g/mol. The first-order chi connectivity index (χ1) is 6.88. The van der Waals surface area contributed by atoms with Gasteiger partial charge in [0.1, 0.15) is 0 Å². The van der Waals surface area contributed by atoms with Crippen molar-refractivity contribution in [2.24, 2.45) is 0 Å². The third kappa shape index (κ3) is 2.47. The van der Waals surface area contributed by atoms with Crippen LogP contribution in [-0.4, -0.2) is 0 Å². The molecule has 0 saturated carbocycles. The summed E-state index contributed by atoms with van der Waals surface area (Å²) in [7, 11) is 6.60. The second kappa shape index (κ2) is 5.11. The zero-order valence-electron chi connectivity index (χ0n) is 8.00. The second-order valence-corrected chi connectivity index (χ2v) is 9.96. The third-order valence-corrected chi connectivity index (χ3v) is 9.61. The van der Waals surface area contributed by atoms with Crippen LogP contribution in [-0.2, 0) is 15.5 Å². The molecule has 2 aliphatic rings. The summed E-state index contributed by atoms with van der Waals surface area (Å²) in [5.41, 5.74) is 0. The molecule has 2 aliphatic carbocycles. The van der Waals surface area contributed by atoms with Gasteiger partial charge in [0.25, 0.3) is 0 Å². The van der Waals surface area contributed by atoms with Crippen LogP contribution in [0.2, 0.25) is 0 Å². The summed E-state index contributed by atoms with van der Waals surface area (Å²) >= 11 is -1.55. The standard InChI is InChI=1S/2C6H7.ClH.Ir/c2*1-2-4-6-5-3-1;;/h2*1-3H,4,6H2;1H;/q;;;+1/p-1. The second-order valence-electron chi connectivity index (χ2n) is 3.31. The third-order valence-electron chi connectivity index (χ3n) is 2.26. The Kier molecular flexibility index (Phi) is 3.81. The van der Waals surface area contributed by atoms with Crippen molar-refractivity contribution in [2.75, 3.05) is 0 Å². The van der Waals surface area contributed by atoms with Crippen LogP contribution < -0.4 is 0 Å². The minimum absolute atomic E-state index is 1.18. The Morgan fingerprint density at radius 3 is 1.79 bits per heavy atom. The number of allylic oxidation sites excluding steroid dienone is 8. The van der Waals surface area contributed by atoms with Crippen molar-refractivity contribution in [3.63, 3.8) is 0 Å². The Hall–Kier alpha value is -0.101. The van der Waals surface area contributed by atoms with E-state index in [4.69, 9.17) is 9.58 Å². The molecule has 0 unspecified atom stereocenters. The van der Waals surface area contributed by atoms with Crippen molar-refractivity contribution in [1.29, 1.82) is 0 Å². The Morgan fingerprint density at radius 1 is 0.929 bits per heavy atom. The molecule has 0 nitrogen and oxygen atoms in total. The predicted octanol–water partition coefficient (Wildman–Crippen LogP) is 4.23. The van der Waals surface area contributed by atoms with Gasteiger partial charge < -0.3 is 0 Å². The summed E-state index contributed by atoms with van der Waals surface area (Å²) in [6, 6.07) is 0. The molecule has 0 radical (unpaired) electrons. The quantitative estimate of drug-likeness (QED) is 0.667. The van der Waals surface area contributed by atoms with E-state index in [1.807, 2.05) is 0 Å². The van der Waals surface area contributed by atoms with Crippen LogP contribution in [0.15, 0.2) is 44.6 Å². The van der Waals surface area contributed by atoms with Crippen LogP contribution in [0.1, 0.15) is 25.7 Å². The minimum atomic E-state index is -1.55. The van der Waals surface area contributed by atoms with E-state index in [-0.39, 0.29) is 0 Å². The molecule has 0 aromatic heterocycles. The first-order valence-corrected chi connectivity index (χ1v) is 10.3. The van der Waals surface area contributed by atoms with Crippen molar-refractivity contribution in [2.45, 2.75) is 25.7 Å². The van der Waals surface area contributed by atoms with Crippen molar-refractivity contribution >= 4 is 9.58 Å². The fraction of sp³-hybridized carbons (Fsp3) is 0.333. The van der Waals surface area contributed by atoms with Crippen molar-refractivity contribution < 1.29 is 15.5 Å². The molecular formula is C12H14ClIr. The average Bonchev–Trinajstić information content (AvgIpc) is 2.30. The summed E-state index contributed by atoms with van der Waals surface area (Å²) in [5.74, 6) is 0. The summed E-state index contributed by atoms with van der Waals surface area (Å²) in [4.78, 5) is 0. The number of rotatable bonds is 2. The molecule has 2 heteroatoms. The summed E-state index contributed by atoms with van der Waals surface area (Å²) in [6.07, 6.45) is 18.0. The van der Waals surface area contributed by atoms with E-state index in [0.29, 0.717) is 0 Å². The molecule has 0 fully saturated rings. The van der Waals surface area contributed by atoms with Crippen molar-refractivity contribution in [3.05, 3.63) is 44.6 Å². The molecule has 0 heterocycles. The Balaban J connectivity index is 2.10. The molecule has 14 heavy (non-hydrogen) atoms. The van der Waals surface area contributed by atoms with E-state index in [2.05, 4.69) is 36.5 Å². The van der Waals surface area contributed by atoms with Gasteiger partial charge in [0, 0.05) is 0 Å². The zero-order valence-corrected chi connectivity index (χ0v) is 11.2. The van der Waals surface area contributed by atoms with Gasteiger partial charge in [-0.05, 0) is 0 Å². The maximum atomic E-state index is 6.60. The summed E-state index contributed by atoms with van der Waals surface area (Å²) < 4.78 is 3.08. The fourth-order valence-corrected chi connectivity index (χ4v) is 7.12. The molecule has 2 rings (SSSR count). The molecule has 0 atom stereocenters. The fourth-order valence-electron chi connectivity index (χ4n) is 1.51. The molecule has 0 N–H and O–H groups in total. The van der Waals surface area contributed by atoms with E-state index in [9.17, 15) is 0 Å². The van der Waals surface area contributed by atoms with Crippen LogP contribution in [0, 0.1) is 0 Å². The molecule has 0 aliphatic heterocycles. The van der Waals surface area contributed by atoms with E-state index in [1.165, 1.54) is 33.9 Å². The molecule has 0 amide bonds.